The van der Waals surface area contributed by atoms with Crippen molar-refractivity contribution in [1.29, 1.82) is 0 Å². The number of carbonyl (C=O) groups excluding carboxylic acids is 1. The van der Waals surface area contributed by atoms with Crippen molar-refractivity contribution in [2.24, 2.45) is 5.10 Å². The predicted molar refractivity (Wildman–Crippen MR) is 57.0 cm³/mol. The molecule has 1 aliphatic heterocycles. The van der Waals surface area contributed by atoms with E-state index in [0.29, 0.717) is 5.69 Å². The second-order valence-electron chi connectivity index (χ2n) is 3.28. The lowest BCUT2D eigenvalue weighted by Crippen LogP contribution is -2.33. The number of aliphatic carboxylic acids is 1. The minimum Gasteiger partial charge on any atom is -0.477 e. The van der Waals surface area contributed by atoms with Crippen LogP contribution >= 0.6 is 11.3 Å². The Labute approximate surface area is 95.2 Å². The van der Waals surface area contributed by atoms with Crippen LogP contribution in [-0.2, 0) is 16.1 Å². The number of aromatic nitrogens is 1. The Morgan fingerprint density at radius 2 is 2.38 bits per heavy atom. The fourth-order valence-electron chi connectivity index (χ4n) is 1.35. The summed E-state index contributed by atoms with van der Waals surface area (Å²) < 4.78 is 0. The van der Waals surface area contributed by atoms with E-state index in [9.17, 15) is 9.59 Å². The van der Waals surface area contributed by atoms with Crippen LogP contribution in [0.3, 0.4) is 0 Å². The maximum atomic E-state index is 11.5. The lowest BCUT2D eigenvalue weighted by atomic mass is 10.1. The number of thiazole rings is 1. The van der Waals surface area contributed by atoms with Gasteiger partial charge < -0.3 is 5.11 Å². The van der Waals surface area contributed by atoms with Crippen LogP contribution in [0.25, 0.3) is 0 Å². The zero-order valence-corrected chi connectivity index (χ0v) is 9.11. The summed E-state index contributed by atoms with van der Waals surface area (Å²) >= 11 is 1.42. The van der Waals surface area contributed by atoms with Gasteiger partial charge in [0.25, 0.3) is 0 Å². The van der Waals surface area contributed by atoms with Gasteiger partial charge in [0, 0.05) is 18.2 Å². The predicted octanol–water partition coefficient (Wildman–Crippen LogP) is 0.706. The van der Waals surface area contributed by atoms with Gasteiger partial charge in [0.05, 0.1) is 17.7 Å². The number of rotatable bonds is 3. The average molecular weight is 239 g/mol. The molecule has 0 radical (unpaired) electrons. The molecule has 6 nitrogen and oxygen atoms in total. The molecule has 1 aromatic heterocycles. The highest BCUT2D eigenvalue weighted by Gasteiger charge is 2.24. The van der Waals surface area contributed by atoms with Crippen molar-refractivity contribution in [2.45, 2.75) is 19.4 Å². The third-order valence-corrected chi connectivity index (χ3v) is 2.78. The third kappa shape index (κ3) is 2.25. The molecule has 0 saturated heterocycles. The Bertz CT molecular complexity index is 441. The summed E-state index contributed by atoms with van der Waals surface area (Å²) in [5, 5.41) is 15.6. The van der Waals surface area contributed by atoms with Crippen molar-refractivity contribution in [1.82, 2.24) is 9.99 Å². The number of carboxylic acids is 1. The number of nitrogens with zero attached hydrogens (tertiary/aromatic N) is 3. The van der Waals surface area contributed by atoms with Crippen molar-refractivity contribution in [3.63, 3.8) is 0 Å². The van der Waals surface area contributed by atoms with Crippen molar-refractivity contribution in [2.75, 3.05) is 0 Å². The van der Waals surface area contributed by atoms with E-state index in [2.05, 4.69) is 10.1 Å². The molecule has 0 bridgehead atoms. The van der Waals surface area contributed by atoms with Crippen molar-refractivity contribution < 1.29 is 14.7 Å². The Kier molecular flexibility index (Phi) is 2.95. The molecule has 1 aliphatic rings. The van der Waals surface area contributed by atoms with E-state index in [1.807, 2.05) is 0 Å². The van der Waals surface area contributed by atoms with Crippen LogP contribution < -0.4 is 0 Å². The van der Waals surface area contributed by atoms with Gasteiger partial charge in [0.15, 0.2) is 0 Å². The smallest absolute Gasteiger partial charge is 0.352 e. The van der Waals surface area contributed by atoms with Crippen molar-refractivity contribution >= 4 is 28.9 Å². The van der Waals surface area contributed by atoms with E-state index in [-0.39, 0.29) is 31.0 Å². The number of amides is 1. The number of hydrogen-bond donors (Lipinski definition) is 1. The van der Waals surface area contributed by atoms with Crippen molar-refractivity contribution in [3.05, 3.63) is 16.6 Å². The molecule has 0 fully saturated rings. The monoisotopic (exact) mass is 239 g/mol. The summed E-state index contributed by atoms with van der Waals surface area (Å²) in [4.78, 5) is 26.2. The van der Waals surface area contributed by atoms with Gasteiger partial charge >= 0.3 is 5.97 Å². The molecule has 84 valence electrons. The first-order valence-electron chi connectivity index (χ1n) is 4.65. The van der Waals surface area contributed by atoms with Crippen LogP contribution in [0.4, 0.5) is 0 Å². The van der Waals surface area contributed by atoms with E-state index in [1.54, 1.807) is 10.9 Å². The largest absolute Gasteiger partial charge is 0.477 e. The second kappa shape index (κ2) is 4.40. The fraction of sp³-hybridized carbons (Fsp3) is 0.333. The molecule has 1 N–H and O–H groups in total. The molecule has 0 aromatic carbocycles. The number of carboxylic acid groups (broad SMARTS) is 1. The summed E-state index contributed by atoms with van der Waals surface area (Å²) in [5.74, 6) is -1.24. The summed E-state index contributed by atoms with van der Waals surface area (Å²) in [7, 11) is 0. The number of hydrogen-bond acceptors (Lipinski definition) is 5. The van der Waals surface area contributed by atoms with Gasteiger partial charge in [-0.05, 0) is 0 Å². The zero-order chi connectivity index (χ0) is 11.5. The Hall–Kier alpha value is -1.76. The Morgan fingerprint density at radius 1 is 1.56 bits per heavy atom. The third-order valence-electron chi connectivity index (χ3n) is 2.15. The lowest BCUT2D eigenvalue weighted by molar-refractivity contribution is -0.133. The molecule has 0 unspecified atom stereocenters. The van der Waals surface area contributed by atoms with Crippen molar-refractivity contribution in [3.8, 4) is 0 Å². The zero-order valence-electron chi connectivity index (χ0n) is 8.29. The highest BCUT2D eigenvalue weighted by atomic mass is 32.1. The maximum Gasteiger partial charge on any atom is 0.352 e. The quantitative estimate of drug-likeness (QED) is 0.841. The van der Waals surface area contributed by atoms with Gasteiger partial charge in [-0.1, -0.05) is 0 Å². The molecular formula is C9H9N3O3S. The van der Waals surface area contributed by atoms with Gasteiger partial charge in [-0.3, -0.25) is 4.79 Å². The SMILES string of the molecule is O=C(O)C1=NN(Cc2cscn2)C(=O)CC1. The number of carbonyl (C=O) groups is 2. The topological polar surface area (TPSA) is 82.9 Å². The van der Waals surface area contributed by atoms with E-state index < -0.39 is 5.97 Å². The number of hydrazone groups is 1. The van der Waals surface area contributed by atoms with Crippen LogP contribution in [0.1, 0.15) is 18.5 Å². The maximum absolute atomic E-state index is 11.5. The van der Waals surface area contributed by atoms with Crippen LogP contribution in [0.15, 0.2) is 16.0 Å². The first-order chi connectivity index (χ1) is 7.66. The van der Waals surface area contributed by atoms with E-state index in [0.717, 1.165) is 0 Å². The molecule has 2 heterocycles. The minimum absolute atomic E-state index is 0.0230. The molecule has 1 amide bonds. The summed E-state index contributed by atoms with van der Waals surface area (Å²) in [6.07, 6.45) is 0.386. The average Bonchev–Trinajstić information content (AvgIpc) is 2.73. The Morgan fingerprint density at radius 3 is 3.00 bits per heavy atom. The molecule has 0 saturated carbocycles. The summed E-state index contributed by atoms with van der Waals surface area (Å²) in [6, 6.07) is 0. The highest BCUT2D eigenvalue weighted by Crippen LogP contribution is 2.13. The van der Waals surface area contributed by atoms with Crippen LogP contribution in [-0.4, -0.2) is 32.7 Å². The van der Waals surface area contributed by atoms with Crippen LogP contribution in [0, 0.1) is 0 Å². The summed E-state index contributed by atoms with van der Waals surface area (Å²) in [5.41, 5.74) is 2.40. The molecule has 2 rings (SSSR count). The van der Waals surface area contributed by atoms with E-state index in [1.165, 1.54) is 16.3 Å². The Balaban J connectivity index is 2.15. The van der Waals surface area contributed by atoms with Crippen LogP contribution in [0.2, 0.25) is 0 Å². The molecule has 7 heteroatoms. The van der Waals surface area contributed by atoms with Gasteiger partial charge in [-0.25, -0.2) is 14.8 Å². The normalized spacial score (nSPS) is 16.1. The van der Waals surface area contributed by atoms with Gasteiger partial charge in [0.2, 0.25) is 5.91 Å². The minimum atomic E-state index is -1.07. The highest BCUT2D eigenvalue weighted by molar-refractivity contribution is 7.07. The van der Waals surface area contributed by atoms with Crippen LogP contribution in [0.5, 0.6) is 0 Å². The van der Waals surface area contributed by atoms with E-state index >= 15 is 0 Å². The summed E-state index contributed by atoms with van der Waals surface area (Å²) in [6.45, 7) is 0.235. The van der Waals surface area contributed by atoms with E-state index in [4.69, 9.17) is 5.11 Å². The molecule has 0 atom stereocenters. The molecule has 16 heavy (non-hydrogen) atoms. The van der Waals surface area contributed by atoms with Gasteiger partial charge in [-0.2, -0.15) is 5.10 Å². The molecular weight excluding hydrogens is 230 g/mol. The molecule has 0 spiro atoms. The first kappa shape index (κ1) is 10.7. The van der Waals surface area contributed by atoms with Gasteiger partial charge in [-0.15, -0.1) is 11.3 Å². The lowest BCUT2D eigenvalue weighted by Gasteiger charge is -2.21. The molecule has 1 aromatic rings. The van der Waals surface area contributed by atoms with Gasteiger partial charge in [0.1, 0.15) is 5.71 Å². The molecule has 0 aliphatic carbocycles. The fourth-order valence-corrected chi connectivity index (χ4v) is 1.90. The standard InChI is InChI=1S/C9H9N3O3S/c13-8-2-1-7(9(14)15)11-12(8)3-6-4-16-5-10-6/h4-5H,1-3H2,(H,14,15). The first-order valence-corrected chi connectivity index (χ1v) is 5.59. The second-order valence-corrected chi connectivity index (χ2v) is 4.00.